The molecule has 0 saturated carbocycles. The van der Waals surface area contributed by atoms with Crippen molar-refractivity contribution in [2.75, 3.05) is 31.5 Å². The van der Waals surface area contributed by atoms with Gasteiger partial charge in [-0.2, -0.15) is 0 Å². The van der Waals surface area contributed by atoms with E-state index in [1.807, 2.05) is 65.6 Å². The number of anilines is 1. The van der Waals surface area contributed by atoms with Crippen LogP contribution in [-0.4, -0.2) is 53.8 Å². The first kappa shape index (κ1) is 23.5. The molecule has 0 aliphatic carbocycles. The normalized spacial score (nSPS) is 16.6. The van der Waals surface area contributed by atoms with E-state index in [0.717, 1.165) is 42.7 Å². The topological polar surface area (TPSA) is 81.8 Å². The van der Waals surface area contributed by atoms with Gasteiger partial charge in [-0.1, -0.05) is 42.5 Å². The maximum absolute atomic E-state index is 12.7. The van der Waals surface area contributed by atoms with Crippen LogP contribution in [0.5, 0.6) is 0 Å². The standard InChI is InChI=1S/C27H32N4O3/c32-25(12-11-21-7-2-1-3-8-21)30-17-13-23(14-18-30)26(33)28-20-22-9-6-10-24(19-22)29-27(34)31-15-4-5-16-31/h1-3,6-12,19,23H,4-5,13-18,20H2,(H,28,33)(H,29,34)/b12-11+. The Morgan fingerprint density at radius 2 is 1.62 bits per heavy atom. The third-order valence-corrected chi connectivity index (χ3v) is 6.43. The van der Waals surface area contributed by atoms with Gasteiger partial charge in [0.2, 0.25) is 11.8 Å². The molecule has 34 heavy (non-hydrogen) atoms. The molecule has 2 heterocycles. The Kier molecular flexibility index (Phi) is 7.96. The summed E-state index contributed by atoms with van der Waals surface area (Å²) in [5, 5.41) is 5.96. The lowest BCUT2D eigenvalue weighted by atomic mass is 9.95. The molecule has 0 radical (unpaired) electrons. The van der Waals surface area contributed by atoms with Gasteiger partial charge in [-0.05, 0) is 55.0 Å². The van der Waals surface area contributed by atoms with Gasteiger partial charge in [-0.15, -0.1) is 0 Å². The number of carbonyl (C=O) groups excluding carboxylic acids is 3. The fourth-order valence-corrected chi connectivity index (χ4v) is 4.41. The van der Waals surface area contributed by atoms with Crippen molar-refractivity contribution in [1.29, 1.82) is 0 Å². The number of nitrogens with one attached hydrogen (secondary N) is 2. The summed E-state index contributed by atoms with van der Waals surface area (Å²) >= 11 is 0. The smallest absolute Gasteiger partial charge is 0.321 e. The second-order valence-corrected chi connectivity index (χ2v) is 8.89. The molecule has 2 aliphatic rings. The van der Waals surface area contributed by atoms with E-state index >= 15 is 0 Å². The van der Waals surface area contributed by atoms with Crippen molar-refractivity contribution in [2.45, 2.75) is 32.2 Å². The van der Waals surface area contributed by atoms with Crippen LogP contribution in [0.3, 0.4) is 0 Å². The number of nitrogens with zero attached hydrogens (tertiary/aromatic N) is 2. The molecule has 178 valence electrons. The molecule has 4 amide bonds. The molecule has 2 saturated heterocycles. The minimum atomic E-state index is -0.0970. The van der Waals surface area contributed by atoms with Crippen LogP contribution in [0.4, 0.5) is 10.5 Å². The number of hydrogen-bond donors (Lipinski definition) is 2. The van der Waals surface area contributed by atoms with E-state index in [2.05, 4.69) is 10.6 Å². The second-order valence-electron chi connectivity index (χ2n) is 8.89. The Morgan fingerprint density at radius 1 is 0.882 bits per heavy atom. The minimum absolute atomic E-state index is 0.0124. The largest absolute Gasteiger partial charge is 0.352 e. The van der Waals surface area contributed by atoms with Gasteiger partial charge in [0.1, 0.15) is 0 Å². The van der Waals surface area contributed by atoms with Gasteiger partial charge in [0.05, 0.1) is 0 Å². The monoisotopic (exact) mass is 460 g/mol. The van der Waals surface area contributed by atoms with E-state index in [-0.39, 0.29) is 23.8 Å². The number of carbonyl (C=O) groups is 3. The van der Waals surface area contributed by atoms with Gasteiger partial charge in [0, 0.05) is 50.4 Å². The second kappa shape index (κ2) is 11.5. The third kappa shape index (κ3) is 6.47. The van der Waals surface area contributed by atoms with Crippen LogP contribution in [0.2, 0.25) is 0 Å². The molecule has 0 atom stereocenters. The van der Waals surface area contributed by atoms with Crippen LogP contribution in [0, 0.1) is 5.92 Å². The van der Waals surface area contributed by atoms with Crippen molar-refractivity contribution in [3.8, 4) is 0 Å². The van der Waals surface area contributed by atoms with Crippen LogP contribution in [0.15, 0.2) is 60.7 Å². The first-order chi connectivity index (χ1) is 16.6. The van der Waals surface area contributed by atoms with E-state index in [1.54, 1.807) is 11.0 Å². The van der Waals surface area contributed by atoms with Crippen LogP contribution in [0.1, 0.15) is 36.8 Å². The number of benzene rings is 2. The molecule has 0 bridgehead atoms. The zero-order valence-electron chi connectivity index (χ0n) is 19.4. The highest BCUT2D eigenvalue weighted by atomic mass is 16.2. The van der Waals surface area contributed by atoms with Crippen molar-refractivity contribution < 1.29 is 14.4 Å². The zero-order valence-corrected chi connectivity index (χ0v) is 19.4. The lowest BCUT2D eigenvalue weighted by Crippen LogP contribution is -2.42. The van der Waals surface area contributed by atoms with Crippen LogP contribution in [-0.2, 0) is 16.1 Å². The summed E-state index contributed by atoms with van der Waals surface area (Å²) in [4.78, 5) is 41.1. The molecule has 7 nitrogen and oxygen atoms in total. The highest BCUT2D eigenvalue weighted by Crippen LogP contribution is 2.19. The van der Waals surface area contributed by atoms with Crippen molar-refractivity contribution in [2.24, 2.45) is 5.92 Å². The number of likely N-dealkylation sites (tertiary alicyclic amines) is 2. The average molecular weight is 461 g/mol. The SMILES string of the molecule is O=C(NCc1cccc(NC(=O)N2CCCC2)c1)C1CCN(C(=O)/C=C/c2ccccc2)CC1. The Bertz CT molecular complexity index is 1020. The summed E-state index contributed by atoms with van der Waals surface area (Å²) in [6.07, 6.45) is 6.84. The van der Waals surface area contributed by atoms with Gasteiger partial charge in [-0.25, -0.2) is 4.79 Å². The zero-order chi connectivity index (χ0) is 23.8. The predicted molar refractivity (Wildman–Crippen MR) is 133 cm³/mol. The molecule has 4 rings (SSSR count). The summed E-state index contributed by atoms with van der Waals surface area (Å²) in [6.45, 7) is 3.16. The van der Waals surface area contributed by atoms with E-state index in [0.29, 0.717) is 32.5 Å². The first-order valence-electron chi connectivity index (χ1n) is 12.0. The Labute approximate surface area is 200 Å². The Morgan fingerprint density at radius 3 is 2.35 bits per heavy atom. The molecule has 2 fully saturated rings. The third-order valence-electron chi connectivity index (χ3n) is 6.43. The van der Waals surface area contributed by atoms with Crippen LogP contribution >= 0.6 is 0 Å². The Balaban J connectivity index is 1.21. The number of urea groups is 1. The molecular formula is C27H32N4O3. The highest BCUT2D eigenvalue weighted by molar-refractivity contribution is 5.92. The lowest BCUT2D eigenvalue weighted by Gasteiger charge is -2.30. The van der Waals surface area contributed by atoms with Gasteiger partial charge >= 0.3 is 6.03 Å². The van der Waals surface area contributed by atoms with Crippen molar-refractivity contribution in [3.05, 3.63) is 71.8 Å². The quantitative estimate of drug-likeness (QED) is 0.642. The number of piperidine rings is 1. The van der Waals surface area contributed by atoms with Gasteiger partial charge in [-0.3, -0.25) is 9.59 Å². The van der Waals surface area contributed by atoms with Crippen LogP contribution < -0.4 is 10.6 Å². The molecule has 2 aliphatic heterocycles. The maximum Gasteiger partial charge on any atom is 0.321 e. The summed E-state index contributed by atoms with van der Waals surface area (Å²) in [5.74, 6) is -0.103. The summed E-state index contributed by atoms with van der Waals surface area (Å²) in [5.41, 5.74) is 2.66. The van der Waals surface area contributed by atoms with E-state index < -0.39 is 0 Å². The van der Waals surface area contributed by atoms with Crippen molar-refractivity contribution in [1.82, 2.24) is 15.1 Å². The van der Waals surface area contributed by atoms with Gasteiger partial charge < -0.3 is 20.4 Å². The maximum atomic E-state index is 12.7. The number of rotatable bonds is 6. The first-order valence-corrected chi connectivity index (χ1v) is 12.0. The van der Waals surface area contributed by atoms with E-state index in [9.17, 15) is 14.4 Å². The summed E-state index contributed by atoms with van der Waals surface area (Å²) in [6, 6.07) is 17.2. The molecule has 2 N–H and O–H groups in total. The fourth-order valence-electron chi connectivity index (χ4n) is 4.41. The van der Waals surface area contributed by atoms with Gasteiger partial charge in [0.15, 0.2) is 0 Å². The van der Waals surface area contributed by atoms with Crippen molar-refractivity contribution >= 4 is 29.6 Å². The molecule has 7 heteroatoms. The molecule has 2 aromatic carbocycles. The lowest BCUT2D eigenvalue weighted by molar-refractivity contribution is -0.132. The predicted octanol–water partition coefficient (Wildman–Crippen LogP) is 3.88. The Hall–Kier alpha value is -3.61. The van der Waals surface area contributed by atoms with Crippen molar-refractivity contribution in [3.63, 3.8) is 0 Å². The van der Waals surface area contributed by atoms with E-state index in [4.69, 9.17) is 0 Å². The molecule has 0 spiro atoms. The van der Waals surface area contributed by atoms with Crippen LogP contribution in [0.25, 0.3) is 6.08 Å². The average Bonchev–Trinajstić information content (AvgIpc) is 3.42. The molecule has 0 unspecified atom stereocenters. The number of hydrogen-bond acceptors (Lipinski definition) is 3. The van der Waals surface area contributed by atoms with E-state index in [1.165, 1.54) is 0 Å². The molecule has 2 aromatic rings. The summed E-state index contributed by atoms with van der Waals surface area (Å²) < 4.78 is 0. The molecular weight excluding hydrogens is 428 g/mol. The highest BCUT2D eigenvalue weighted by Gasteiger charge is 2.26. The fraction of sp³-hybridized carbons (Fsp3) is 0.370. The minimum Gasteiger partial charge on any atom is -0.352 e. The molecule has 0 aromatic heterocycles. The van der Waals surface area contributed by atoms with Gasteiger partial charge in [0.25, 0.3) is 0 Å². The summed E-state index contributed by atoms with van der Waals surface area (Å²) in [7, 11) is 0. The number of amides is 4.